The molecule has 4 nitrogen and oxygen atoms in total. The summed E-state index contributed by atoms with van der Waals surface area (Å²) in [5, 5.41) is 0. The Labute approximate surface area is 126 Å². The Morgan fingerprint density at radius 2 is 2.00 bits per heavy atom. The zero-order valence-electron chi connectivity index (χ0n) is 12.6. The third-order valence-corrected chi connectivity index (χ3v) is 4.09. The number of rotatable bonds is 5. The highest BCUT2D eigenvalue weighted by atomic mass is 16.6. The number of carbonyl (C=O) groups is 1. The molecule has 1 aromatic carbocycles. The second-order valence-electron chi connectivity index (χ2n) is 5.41. The zero-order chi connectivity index (χ0) is 15.1. The highest BCUT2D eigenvalue weighted by Gasteiger charge is 2.35. The summed E-state index contributed by atoms with van der Waals surface area (Å²) in [5.41, 5.74) is 0.832. The molecule has 1 aromatic rings. The van der Waals surface area contributed by atoms with Crippen LogP contribution in [0.5, 0.6) is 0 Å². The molecule has 1 saturated heterocycles. The van der Waals surface area contributed by atoms with Gasteiger partial charge in [-0.2, -0.15) is 0 Å². The van der Waals surface area contributed by atoms with Crippen LogP contribution < -0.4 is 0 Å². The fourth-order valence-electron chi connectivity index (χ4n) is 2.66. The van der Waals surface area contributed by atoms with Gasteiger partial charge in [0.05, 0.1) is 5.60 Å². The maximum atomic E-state index is 12.1. The van der Waals surface area contributed by atoms with E-state index in [-0.39, 0.29) is 11.7 Å². The molecule has 1 aliphatic rings. The highest BCUT2D eigenvalue weighted by molar-refractivity contribution is 5.67. The molecule has 0 atom stereocenters. The van der Waals surface area contributed by atoms with E-state index in [0.29, 0.717) is 19.7 Å². The third kappa shape index (κ3) is 4.08. The number of hydrogen-bond donors (Lipinski definition) is 0. The minimum absolute atomic E-state index is 0.169. The van der Waals surface area contributed by atoms with Crippen LogP contribution >= 0.6 is 0 Å². The van der Waals surface area contributed by atoms with Gasteiger partial charge in [0, 0.05) is 20.2 Å². The van der Waals surface area contributed by atoms with Crippen molar-refractivity contribution in [1.29, 1.82) is 0 Å². The van der Waals surface area contributed by atoms with Crippen molar-refractivity contribution in [2.24, 2.45) is 0 Å². The number of carbonyl (C=O) groups excluding carboxylic acids is 1. The zero-order valence-corrected chi connectivity index (χ0v) is 12.6. The minimum Gasteiger partial charge on any atom is -0.445 e. The van der Waals surface area contributed by atoms with Gasteiger partial charge in [-0.05, 0) is 24.8 Å². The number of piperidine rings is 1. The lowest BCUT2D eigenvalue weighted by molar-refractivity contribution is -0.0528. The molecule has 4 heteroatoms. The van der Waals surface area contributed by atoms with Gasteiger partial charge in [-0.3, -0.25) is 0 Å². The first-order valence-electron chi connectivity index (χ1n) is 7.31. The van der Waals surface area contributed by atoms with Crippen molar-refractivity contribution in [2.45, 2.75) is 31.5 Å². The lowest BCUT2D eigenvalue weighted by Gasteiger charge is -2.39. The predicted octanol–water partition coefficient (Wildman–Crippen LogP) is 3.38. The first-order chi connectivity index (χ1) is 10.2. The average molecular weight is 289 g/mol. The summed E-state index contributed by atoms with van der Waals surface area (Å²) < 4.78 is 11.0. The number of benzene rings is 1. The van der Waals surface area contributed by atoms with Gasteiger partial charge in [0.25, 0.3) is 0 Å². The number of amides is 1. The van der Waals surface area contributed by atoms with E-state index in [1.54, 1.807) is 12.0 Å². The lowest BCUT2D eigenvalue weighted by atomic mass is 9.88. The summed E-state index contributed by atoms with van der Waals surface area (Å²) in [6, 6.07) is 9.71. The Bertz CT molecular complexity index is 464. The molecule has 1 fully saturated rings. The normalized spacial score (nSPS) is 17.3. The van der Waals surface area contributed by atoms with Crippen LogP contribution in [0.1, 0.15) is 24.8 Å². The molecule has 0 aliphatic carbocycles. The Morgan fingerprint density at radius 3 is 2.57 bits per heavy atom. The number of ether oxygens (including phenoxy) is 2. The second-order valence-corrected chi connectivity index (χ2v) is 5.41. The van der Waals surface area contributed by atoms with Crippen LogP contribution in [0.2, 0.25) is 0 Å². The molecular formula is C17H23NO3. The Morgan fingerprint density at radius 1 is 1.33 bits per heavy atom. The molecule has 1 heterocycles. The molecule has 0 radical (unpaired) electrons. The summed E-state index contributed by atoms with van der Waals surface area (Å²) in [7, 11) is 1.73. The molecule has 0 aromatic heterocycles. The van der Waals surface area contributed by atoms with Crippen molar-refractivity contribution in [3.63, 3.8) is 0 Å². The molecule has 1 aliphatic heterocycles. The smallest absolute Gasteiger partial charge is 0.410 e. The average Bonchev–Trinajstić information content (AvgIpc) is 2.54. The van der Waals surface area contributed by atoms with Crippen LogP contribution in [0.15, 0.2) is 43.0 Å². The van der Waals surface area contributed by atoms with Gasteiger partial charge >= 0.3 is 6.09 Å². The number of hydrogen-bond acceptors (Lipinski definition) is 3. The molecule has 1 amide bonds. The van der Waals surface area contributed by atoms with Crippen LogP contribution in [-0.4, -0.2) is 36.8 Å². The molecule has 2 rings (SSSR count). The van der Waals surface area contributed by atoms with Crippen molar-refractivity contribution in [1.82, 2.24) is 4.90 Å². The summed E-state index contributed by atoms with van der Waals surface area (Å²) in [6.07, 6.45) is 4.08. The molecule has 0 saturated carbocycles. The monoisotopic (exact) mass is 289 g/mol. The first kappa shape index (κ1) is 15.6. The van der Waals surface area contributed by atoms with Crippen molar-refractivity contribution < 1.29 is 14.3 Å². The van der Waals surface area contributed by atoms with Crippen LogP contribution in [0.4, 0.5) is 4.79 Å². The third-order valence-electron chi connectivity index (χ3n) is 4.09. The Balaban J connectivity index is 1.81. The van der Waals surface area contributed by atoms with Gasteiger partial charge in [0.15, 0.2) is 0 Å². The fraction of sp³-hybridized carbons (Fsp3) is 0.471. The fourth-order valence-corrected chi connectivity index (χ4v) is 2.66. The lowest BCUT2D eigenvalue weighted by Crippen LogP contribution is -2.47. The molecule has 0 spiro atoms. The topological polar surface area (TPSA) is 38.8 Å². The van der Waals surface area contributed by atoms with Gasteiger partial charge < -0.3 is 14.4 Å². The highest BCUT2D eigenvalue weighted by Crippen LogP contribution is 2.29. The van der Waals surface area contributed by atoms with Crippen molar-refractivity contribution in [3.8, 4) is 0 Å². The standard InChI is InChI=1S/C17H23NO3/c1-3-9-17(20-2)10-12-18(13-11-17)16(19)21-14-15-7-5-4-6-8-15/h3-8H,1,9-14H2,2H3. The van der Waals surface area contributed by atoms with Gasteiger partial charge in [-0.15, -0.1) is 6.58 Å². The van der Waals surface area contributed by atoms with Gasteiger partial charge in [0.2, 0.25) is 0 Å². The maximum absolute atomic E-state index is 12.1. The molecule has 0 N–H and O–H groups in total. The van der Waals surface area contributed by atoms with Crippen molar-refractivity contribution >= 4 is 6.09 Å². The minimum atomic E-state index is -0.248. The van der Waals surface area contributed by atoms with E-state index < -0.39 is 0 Å². The predicted molar refractivity (Wildman–Crippen MR) is 82.0 cm³/mol. The number of nitrogens with zero attached hydrogens (tertiary/aromatic N) is 1. The van der Waals surface area contributed by atoms with Crippen molar-refractivity contribution in [3.05, 3.63) is 48.6 Å². The van der Waals surface area contributed by atoms with E-state index in [1.807, 2.05) is 36.4 Å². The van der Waals surface area contributed by atoms with Gasteiger partial charge in [-0.25, -0.2) is 4.79 Å². The van der Waals surface area contributed by atoms with Crippen molar-refractivity contribution in [2.75, 3.05) is 20.2 Å². The summed E-state index contributed by atoms with van der Waals surface area (Å²) in [5.74, 6) is 0. The Kier molecular flexibility index (Phi) is 5.39. The largest absolute Gasteiger partial charge is 0.445 e. The van der Waals surface area contributed by atoms with Crippen LogP contribution in [0.25, 0.3) is 0 Å². The summed E-state index contributed by atoms with van der Waals surface area (Å²) in [4.78, 5) is 13.8. The summed E-state index contributed by atoms with van der Waals surface area (Å²) in [6.45, 7) is 5.42. The van der Waals surface area contributed by atoms with E-state index in [0.717, 1.165) is 24.8 Å². The molecule has 0 unspecified atom stereocenters. The van der Waals surface area contributed by atoms with E-state index in [9.17, 15) is 4.79 Å². The van der Waals surface area contributed by atoms with Gasteiger partial charge in [0.1, 0.15) is 6.61 Å². The van der Waals surface area contributed by atoms with E-state index in [2.05, 4.69) is 6.58 Å². The second kappa shape index (κ2) is 7.27. The molecular weight excluding hydrogens is 266 g/mol. The molecule has 0 bridgehead atoms. The Hall–Kier alpha value is -1.81. The van der Waals surface area contributed by atoms with E-state index >= 15 is 0 Å². The quantitative estimate of drug-likeness (QED) is 0.780. The number of methoxy groups -OCH3 is 1. The van der Waals surface area contributed by atoms with Crippen LogP contribution in [0, 0.1) is 0 Å². The molecule has 21 heavy (non-hydrogen) atoms. The summed E-state index contributed by atoms with van der Waals surface area (Å²) >= 11 is 0. The first-order valence-corrected chi connectivity index (χ1v) is 7.31. The van der Waals surface area contributed by atoms with E-state index in [4.69, 9.17) is 9.47 Å². The number of likely N-dealkylation sites (tertiary alicyclic amines) is 1. The van der Waals surface area contributed by atoms with Crippen LogP contribution in [0.3, 0.4) is 0 Å². The maximum Gasteiger partial charge on any atom is 0.410 e. The SMILES string of the molecule is C=CCC1(OC)CCN(C(=O)OCc2ccccc2)CC1. The van der Waals surface area contributed by atoms with E-state index in [1.165, 1.54) is 0 Å². The molecule has 114 valence electrons. The van der Waals surface area contributed by atoms with Crippen LogP contribution in [-0.2, 0) is 16.1 Å². The van der Waals surface area contributed by atoms with Gasteiger partial charge in [-0.1, -0.05) is 36.4 Å².